The fourth-order valence-corrected chi connectivity index (χ4v) is 6.47. The first-order valence-corrected chi connectivity index (χ1v) is 14.9. The monoisotopic (exact) mass is 641 g/mol. The number of pyridine rings is 1. The standard InChI is InChI=1S/C30H30Cl2FN7O4/c1-15-6-22-36-29-25(30(44)40(22)10-15)19(17-7-18(14-41)27(43)20(31)8-17)12-38(29)13-24(42)34-21-9-23(35-28(33)26(21)32)39-5-4-37(3)11-16(39)2/h7-9,12,14-16,43H,4-6,10-11,13H2,1-3H3,(H,34,35,42). The maximum Gasteiger partial charge on any atom is 0.263 e. The zero-order chi connectivity index (χ0) is 31.4. The van der Waals surface area contributed by atoms with E-state index < -0.39 is 11.9 Å². The predicted octanol–water partition coefficient (Wildman–Crippen LogP) is 4.20. The molecule has 0 bridgehead atoms. The minimum Gasteiger partial charge on any atom is -0.506 e. The highest BCUT2D eigenvalue weighted by atomic mass is 35.5. The predicted molar refractivity (Wildman–Crippen MR) is 166 cm³/mol. The van der Waals surface area contributed by atoms with Gasteiger partial charge in [0, 0.05) is 56.5 Å². The van der Waals surface area contributed by atoms with Crippen LogP contribution < -0.4 is 15.8 Å². The highest BCUT2D eigenvalue weighted by Crippen LogP contribution is 2.36. The second kappa shape index (κ2) is 11.5. The third kappa shape index (κ3) is 5.31. The topological polar surface area (TPSA) is 126 Å². The lowest BCUT2D eigenvalue weighted by Crippen LogP contribution is -2.50. The molecule has 44 heavy (non-hydrogen) atoms. The molecule has 4 aromatic rings. The van der Waals surface area contributed by atoms with Crippen molar-refractivity contribution in [3.8, 4) is 16.9 Å². The van der Waals surface area contributed by atoms with Gasteiger partial charge in [0.25, 0.3) is 5.56 Å². The van der Waals surface area contributed by atoms with Crippen LogP contribution in [0.25, 0.3) is 22.2 Å². The molecule has 2 aliphatic rings. The molecule has 3 aromatic heterocycles. The Morgan fingerprint density at radius 1 is 1.18 bits per heavy atom. The average molecular weight is 643 g/mol. The number of anilines is 2. The number of fused-ring (bicyclic) bond motifs is 2. The summed E-state index contributed by atoms with van der Waals surface area (Å²) in [4.78, 5) is 51.7. The van der Waals surface area contributed by atoms with Crippen LogP contribution in [0, 0.1) is 11.9 Å². The van der Waals surface area contributed by atoms with Gasteiger partial charge in [0.2, 0.25) is 11.9 Å². The van der Waals surface area contributed by atoms with E-state index in [1.165, 1.54) is 16.7 Å². The molecule has 2 unspecified atom stereocenters. The maximum atomic E-state index is 14.9. The fourth-order valence-electron chi connectivity index (χ4n) is 6.10. The summed E-state index contributed by atoms with van der Waals surface area (Å²) in [6.07, 6.45) is 2.65. The smallest absolute Gasteiger partial charge is 0.263 e. The number of carbonyl (C=O) groups is 2. The van der Waals surface area contributed by atoms with Crippen LogP contribution in [0.1, 0.15) is 30.0 Å². The number of phenols is 1. The normalized spacial score (nSPS) is 18.5. The molecule has 0 radical (unpaired) electrons. The van der Waals surface area contributed by atoms with Crippen LogP contribution in [0.15, 0.2) is 29.2 Å². The molecule has 14 heteroatoms. The Balaban J connectivity index is 1.39. The fraction of sp³-hybridized carbons (Fsp3) is 0.367. The van der Waals surface area contributed by atoms with E-state index in [4.69, 9.17) is 28.2 Å². The molecule has 0 aliphatic carbocycles. The van der Waals surface area contributed by atoms with Crippen LogP contribution in [-0.2, 0) is 24.3 Å². The van der Waals surface area contributed by atoms with Gasteiger partial charge in [-0.15, -0.1) is 0 Å². The van der Waals surface area contributed by atoms with Gasteiger partial charge in [-0.05, 0) is 37.6 Å². The first kappa shape index (κ1) is 30.0. The number of phenolic OH excluding ortho intramolecular Hbond substituents is 1. The number of nitrogens with one attached hydrogen (secondary N) is 1. The third-order valence-corrected chi connectivity index (χ3v) is 8.88. The summed E-state index contributed by atoms with van der Waals surface area (Å²) in [7, 11) is 2.02. The van der Waals surface area contributed by atoms with Gasteiger partial charge in [-0.25, -0.2) is 9.97 Å². The van der Waals surface area contributed by atoms with E-state index in [9.17, 15) is 23.9 Å². The molecular formula is C30H30Cl2FN7O4. The molecule has 1 aromatic carbocycles. The number of benzene rings is 1. The SMILES string of the molecule is CC1Cc2nc3c(c(-c4cc(Cl)c(O)c(C=O)c4)cn3CC(=O)Nc3cc(N4CCN(C)CC4C)nc(F)c3Cl)c(=O)n2C1. The summed E-state index contributed by atoms with van der Waals surface area (Å²) >= 11 is 12.5. The zero-order valence-corrected chi connectivity index (χ0v) is 25.8. The number of carbonyl (C=O) groups excluding carboxylic acids is 2. The van der Waals surface area contributed by atoms with Gasteiger partial charge in [-0.2, -0.15) is 4.39 Å². The molecule has 2 N–H and O–H groups in total. The Morgan fingerprint density at radius 2 is 1.95 bits per heavy atom. The lowest BCUT2D eigenvalue weighted by Gasteiger charge is -2.39. The van der Waals surface area contributed by atoms with Crippen molar-refractivity contribution in [2.45, 2.75) is 39.4 Å². The van der Waals surface area contributed by atoms with Gasteiger partial charge in [-0.1, -0.05) is 30.1 Å². The van der Waals surface area contributed by atoms with Crippen molar-refractivity contribution < 1.29 is 19.1 Å². The summed E-state index contributed by atoms with van der Waals surface area (Å²) in [6.45, 7) is 6.43. The summed E-state index contributed by atoms with van der Waals surface area (Å²) in [5.41, 5.74) is 0.806. The van der Waals surface area contributed by atoms with Gasteiger partial charge < -0.3 is 24.8 Å². The van der Waals surface area contributed by atoms with Crippen LogP contribution in [0.3, 0.4) is 0 Å². The second-order valence-electron chi connectivity index (χ2n) is 11.6. The van der Waals surface area contributed by atoms with Gasteiger partial charge in [0.05, 0.1) is 21.7 Å². The number of piperazine rings is 1. The second-order valence-corrected chi connectivity index (χ2v) is 12.4. The van der Waals surface area contributed by atoms with Gasteiger partial charge in [0.15, 0.2) is 6.29 Å². The van der Waals surface area contributed by atoms with Crippen molar-refractivity contribution in [2.75, 3.05) is 36.9 Å². The van der Waals surface area contributed by atoms with E-state index >= 15 is 0 Å². The number of hydrogen-bond acceptors (Lipinski definition) is 8. The van der Waals surface area contributed by atoms with Crippen molar-refractivity contribution in [3.05, 3.63) is 62.1 Å². The Hall–Kier alpha value is -4.00. The largest absolute Gasteiger partial charge is 0.506 e. The van der Waals surface area contributed by atoms with Crippen molar-refractivity contribution in [2.24, 2.45) is 5.92 Å². The Bertz CT molecular complexity index is 1890. The van der Waals surface area contributed by atoms with E-state index in [0.717, 1.165) is 13.1 Å². The molecule has 11 nitrogen and oxygen atoms in total. The minimum absolute atomic E-state index is 0.0474. The van der Waals surface area contributed by atoms with Crippen LogP contribution in [0.2, 0.25) is 10.0 Å². The molecule has 2 atom stereocenters. The first-order valence-electron chi connectivity index (χ1n) is 14.2. The van der Waals surface area contributed by atoms with Crippen molar-refractivity contribution in [1.82, 2.24) is 24.0 Å². The number of hydrogen-bond donors (Lipinski definition) is 2. The number of aromatic hydroxyl groups is 1. The Labute approximate surface area is 261 Å². The third-order valence-electron chi connectivity index (χ3n) is 8.23. The minimum atomic E-state index is -0.895. The van der Waals surface area contributed by atoms with Crippen LogP contribution in [-0.4, -0.2) is 74.0 Å². The number of rotatable bonds is 6. The molecule has 0 spiro atoms. The summed E-state index contributed by atoms with van der Waals surface area (Å²) in [6, 6.07) is 4.50. The highest BCUT2D eigenvalue weighted by molar-refractivity contribution is 6.34. The summed E-state index contributed by atoms with van der Waals surface area (Å²) in [5, 5.41) is 12.8. The molecule has 2 aliphatic heterocycles. The Kier molecular flexibility index (Phi) is 7.85. The maximum absolute atomic E-state index is 14.9. The molecule has 6 rings (SSSR count). The number of likely N-dealkylation sites (N-methyl/N-ethyl adjacent to an activating group) is 1. The number of halogens is 3. The summed E-state index contributed by atoms with van der Waals surface area (Å²) in [5.74, 6) is -0.632. The van der Waals surface area contributed by atoms with Crippen molar-refractivity contribution in [1.29, 1.82) is 0 Å². The zero-order valence-electron chi connectivity index (χ0n) is 24.3. The Morgan fingerprint density at radius 3 is 2.68 bits per heavy atom. The van der Waals surface area contributed by atoms with Crippen LogP contribution in [0.5, 0.6) is 5.75 Å². The van der Waals surface area contributed by atoms with Crippen molar-refractivity contribution in [3.63, 3.8) is 0 Å². The average Bonchev–Trinajstić information content (AvgIpc) is 3.52. The number of amides is 1. The highest BCUT2D eigenvalue weighted by Gasteiger charge is 2.28. The van der Waals surface area contributed by atoms with E-state index in [0.29, 0.717) is 48.6 Å². The van der Waals surface area contributed by atoms with Gasteiger partial charge in [-0.3, -0.25) is 19.0 Å². The van der Waals surface area contributed by atoms with Crippen molar-refractivity contribution >= 4 is 57.9 Å². The van der Waals surface area contributed by atoms with E-state index in [2.05, 4.69) is 15.2 Å². The van der Waals surface area contributed by atoms with E-state index in [1.807, 2.05) is 25.8 Å². The first-order chi connectivity index (χ1) is 20.9. The van der Waals surface area contributed by atoms with Crippen LogP contribution in [0.4, 0.5) is 15.9 Å². The molecular weight excluding hydrogens is 612 g/mol. The van der Waals surface area contributed by atoms with E-state index in [-0.39, 0.29) is 62.1 Å². The van der Waals surface area contributed by atoms with Gasteiger partial charge >= 0.3 is 0 Å². The number of aldehydes is 1. The number of aromatic nitrogens is 4. The molecule has 5 heterocycles. The van der Waals surface area contributed by atoms with E-state index in [1.54, 1.807) is 16.8 Å². The quantitative estimate of drug-likeness (QED) is 0.237. The molecule has 1 fully saturated rings. The summed E-state index contributed by atoms with van der Waals surface area (Å²) < 4.78 is 18.0. The number of nitrogens with zero attached hydrogens (tertiary/aromatic N) is 6. The van der Waals surface area contributed by atoms with Crippen LogP contribution >= 0.6 is 23.2 Å². The van der Waals surface area contributed by atoms with Gasteiger partial charge in [0.1, 0.15) is 34.6 Å². The lowest BCUT2D eigenvalue weighted by atomic mass is 10.0. The molecule has 1 saturated heterocycles. The lowest BCUT2D eigenvalue weighted by molar-refractivity contribution is -0.116. The molecule has 1 amide bonds. The molecule has 230 valence electrons. The molecule has 0 saturated carbocycles.